The van der Waals surface area contributed by atoms with Crippen molar-refractivity contribution >= 4 is 10.9 Å². The summed E-state index contributed by atoms with van der Waals surface area (Å²) in [5.41, 5.74) is 1.05. The van der Waals surface area contributed by atoms with Crippen LogP contribution in [0.1, 0.15) is 0 Å². The highest BCUT2D eigenvalue weighted by Gasteiger charge is 2.00. The van der Waals surface area contributed by atoms with E-state index >= 15 is 0 Å². The van der Waals surface area contributed by atoms with E-state index in [0.29, 0.717) is 6.61 Å². The van der Waals surface area contributed by atoms with Crippen molar-refractivity contribution in [3.8, 4) is 5.75 Å². The molecule has 0 bridgehead atoms. The van der Waals surface area contributed by atoms with Crippen LogP contribution in [0, 0.1) is 0 Å². The van der Waals surface area contributed by atoms with Gasteiger partial charge in [-0.3, -0.25) is 0 Å². The Balaban J connectivity index is 2.37. The van der Waals surface area contributed by atoms with E-state index in [1.807, 2.05) is 30.5 Å². The highest BCUT2D eigenvalue weighted by Crippen LogP contribution is 2.23. The number of hydrogen-bond donors (Lipinski definition) is 2. The van der Waals surface area contributed by atoms with E-state index < -0.39 is 0 Å². The topological polar surface area (TPSA) is 45.2 Å². The van der Waals surface area contributed by atoms with Crippen molar-refractivity contribution < 1.29 is 9.84 Å². The van der Waals surface area contributed by atoms with E-state index in [1.165, 1.54) is 0 Å². The highest BCUT2D eigenvalue weighted by atomic mass is 16.5. The molecule has 1 heterocycles. The molecule has 1 aromatic carbocycles. The van der Waals surface area contributed by atoms with E-state index in [0.717, 1.165) is 16.7 Å². The van der Waals surface area contributed by atoms with Crippen LogP contribution in [0.5, 0.6) is 5.75 Å². The van der Waals surface area contributed by atoms with Gasteiger partial charge in [0.15, 0.2) is 0 Å². The summed E-state index contributed by atoms with van der Waals surface area (Å²) in [5.74, 6) is 0.813. The van der Waals surface area contributed by atoms with Gasteiger partial charge in [0.25, 0.3) is 0 Å². The van der Waals surface area contributed by atoms with Crippen molar-refractivity contribution in [2.24, 2.45) is 0 Å². The monoisotopic (exact) mass is 177 g/mol. The normalized spacial score (nSPS) is 10.5. The quantitative estimate of drug-likeness (QED) is 0.747. The van der Waals surface area contributed by atoms with Crippen LogP contribution in [-0.2, 0) is 0 Å². The largest absolute Gasteiger partial charge is 0.490 e. The molecule has 0 fully saturated rings. The van der Waals surface area contributed by atoms with E-state index in [1.54, 1.807) is 0 Å². The Morgan fingerprint density at radius 2 is 2.23 bits per heavy atom. The number of aliphatic hydroxyl groups excluding tert-OH is 1. The second-order valence-corrected chi connectivity index (χ2v) is 2.77. The minimum atomic E-state index is 0.0425. The van der Waals surface area contributed by atoms with Gasteiger partial charge < -0.3 is 14.8 Å². The third-order valence-electron chi connectivity index (χ3n) is 1.90. The van der Waals surface area contributed by atoms with E-state index in [4.69, 9.17) is 9.84 Å². The summed E-state index contributed by atoms with van der Waals surface area (Å²) >= 11 is 0. The first kappa shape index (κ1) is 8.13. The van der Waals surface area contributed by atoms with Crippen molar-refractivity contribution in [2.45, 2.75) is 0 Å². The van der Waals surface area contributed by atoms with Crippen LogP contribution < -0.4 is 4.74 Å². The van der Waals surface area contributed by atoms with Crippen LogP contribution >= 0.6 is 0 Å². The smallest absolute Gasteiger partial charge is 0.128 e. The summed E-state index contributed by atoms with van der Waals surface area (Å²) in [6.07, 6.45) is 1.87. The van der Waals surface area contributed by atoms with E-state index in [-0.39, 0.29) is 6.61 Å². The Labute approximate surface area is 76.0 Å². The maximum absolute atomic E-state index is 8.62. The molecule has 0 unspecified atom stereocenters. The minimum Gasteiger partial charge on any atom is -0.490 e. The summed E-state index contributed by atoms with van der Waals surface area (Å²) in [6.45, 7) is 0.380. The predicted molar refractivity (Wildman–Crippen MR) is 50.9 cm³/mol. The number of benzene rings is 1. The lowest BCUT2D eigenvalue weighted by molar-refractivity contribution is 0.203. The zero-order valence-electron chi connectivity index (χ0n) is 7.16. The molecule has 13 heavy (non-hydrogen) atoms. The molecule has 0 aliphatic rings. The van der Waals surface area contributed by atoms with Gasteiger partial charge in [-0.2, -0.15) is 0 Å². The van der Waals surface area contributed by atoms with Crippen LogP contribution in [0.15, 0.2) is 30.5 Å². The van der Waals surface area contributed by atoms with Gasteiger partial charge in [0.2, 0.25) is 0 Å². The predicted octanol–water partition coefficient (Wildman–Crippen LogP) is 1.54. The maximum Gasteiger partial charge on any atom is 0.128 e. The summed E-state index contributed by atoms with van der Waals surface area (Å²) in [5, 5.41) is 9.67. The molecule has 0 radical (unpaired) electrons. The van der Waals surface area contributed by atoms with Gasteiger partial charge in [-0.1, -0.05) is 6.07 Å². The highest BCUT2D eigenvalue weighted by molar-refractivity contribution is 5.85. The van der Waals surface area contributed by atoms with Gasteiger partial charge in [-0.25, -0.2) is 0 Å². The number of aliphatic hydroxyl groups is 1. The Hall–Kier alpha value is -1.48. The molecule has 0 atom stereocenters. The molecule has 0 aliphatic carbocycles. The van der Waals surface area contributed by atoms with Crippen molar-refractivity contribution in [3.63, 3.8) is 0 Å². The van der Waals surface area contributed by atoms with Crippen molar-refractivity contribution in [2.75, 3.05) is 13.2 Å². The lowest BCUT2D eigenvalue weighted by Gasteiger charge is -2.04. The first-order chi connectivity index (χ1) is 6.42. The number of aromatic nitrogens is 1. The molecule has 3 nitrogen and oxygen atoms in total. The van der Waals surface area contributed by atoms with Crippen molar-refractivity contribution in [3.05, 3.63) is 30.5 Å². The zero-order chi connectivity index (χ0) is 9.10. The van der Waals surface area contributed by atoms with Gasteiger partial charge >= 0.3 is 0 Å². The Morgan fingerprint density at radius 1 is 1.31 bits per heavy atom. The summed E-state index contributed by atoms with van der Waals surface area (Å²) in [4.78, 5) is 3.09. The van der Waals surface area contributed by atoms with Gasteiger partial charge in [-0.15, -0.1) is 0 Å². The third kappa shape index (κ3) is 1.51. The first-order valence-corrected chi connectivity index (χ1v) is 4.21. The van der Waals surface area contributed by atoms with Gasteiger partial charge in [0.05, 0.1) is 6.61 Å². The van der Waals surface area contributed by atoms with Crippen LogP contribution in [-0.4, -0.2) is 23.3 Å². The number of ether oxygens (including phenoxy) is 1. The Kier molecular flexibility index (Phi) is 2.19. The number of rotatable bonds is 3. The minimum absolute atomic E-state index is 0.0425. The molecule has 0 spiro atoms. The molecular formula is C10H11NO2. The van der Waals surface area contributed by atoms with Gasteiger partial charge in [-0.05, 0) is 18.2 Å². The number of H-pyrrole nitrogens is 1. The molecule has 2 rings (SSSR count). The molecule has 0 aliphatic heterocycles. The Bertz CT molecular complexity index is 394. The SMILES string of the molecule is OCCOc1cccc2[nH]ccc12. The summed E-state index contributed by atoms with van der Waals surface area (Å²) in [7, 11) is 0. The number of aromatic amines is 1. The fourth-order valence-electron chi connectivity index (χ4n) is 1.34. The van der Waals surface area contributed by atoms with E-state index in [2.05, 4.69) is 4.98 Å². The third-order valence-corrected chi connectivity index (χ3v) is 1.90. The molecule has 2 N–H and O–H groups in total. The molecule has 0 saturated carbocycles. The lowest BCUT2D eigenvalue weighted by atomic mass is 10.2. The molecule has 68 valence electrons. The standard InChI is InChI=1S/C10H11NO2/c12-6-7-13-10-3-1-2-9-8(10)4-5-11-9/h1-5,11-12H,6-7H2. The second kappa shape index (κ2) is 3.49. The molecular weight excluding hydrogens is 166 g/mol. The number of nitrogens with one attached hydrogen (secondary N) is 1. The maximum atomic E-state index is 8.62. The van der Waals surface area contributed by atoms with Gasteiger partial charge in [0, 0.05) is 17.1 Å². The average Bonchev–Trinajstić information content (AvgIpc) is 2.62. The zero-order valence-corrected chi connectivity index (χ0v) is 7.16. The fourth-order valence-corrected chi connectivity index (χ4v) is 1.34. The molecule has 0 amide bonds. The van der Waals surface area contributed by atoms with Gasteiger partial charge in [0.1, 0.15) is 12.4 Å². The number of fused-ring (bicyclic) bond motifs is 1. The van der Waals surface area contributed by atoms with Crippen LogP contribution in [0.25, 0.3) is 10.9 Å². The lowest BCUT2D eigenvalue weighted by Crippen LogP contribution is -2.01. The second-order valence-electron chi connectivity index (χ2n) is 2.77. The number of hydrogen-bond acceptors (Lipinski definition) is 2. The van der Waals surface area contributed by atoms with Crippen molar-refractivity contribution in [1.82, 2.24) is 4.98 Å². The van der Waals surface area contributed by atoms with Crippen molar-refractivity contribution in [1.29, 1.82) is 0 Å². The van der Waals surface area contributed by atoms with Crippen LogP contribution in [0.2, 0.25) is 0 Å². The molecule has 0 saturated heterocycles. The summed E-state index contributed by atoms with van der Waals surface area (Å²) in [6, 6.07) is 7.76. The average molecular weight is 177 g/mol. The molecule has 1 aromatic heterocycles. The van der Waals surface area contributed by atoms with Crippen LogP contribution in [0.3, 0.4) is 0 Å². The summed E-state index contributed by atoms with van der Waals surface area (Å²) < 4.78 is 5.36. The molecule has 2 aromatic rings. The van der Waals surface area contributed by atoms with Crippen LogP contribution in [0.4, 0.5) is 0 Å². The molecule has 3 heteroatoms. The van der Waals surface area contributed by atoms with E-state index in [9.17, 15) is 0 Å². The Morgan fingerprint density at radius 3 is 3.08 bits per heavy atom. The first-order valence-electron chi connectivity index (χ1n) is 4.21. The fraction of sp³-hybridized carbons (Fsp3) is 0.200.